The molecule has 4 aromatic rings. The molecule has 0 spiro atoms. The van der Waals surface area contributed by atoms with Crippen molar-refractivity contribution in [1.82, 2.24) is 19.9 Å². The zero-order chi connectivity index (χ0) is 43.2. The van der Waals surface area contributed by atoms with Crippen LogP contribution >= 0.6 is 0 Å². The van der Waals surface area contributed by atoms with Crippen molar-refractivity contribution in [2.45, 2.75) is 151 Å². The fourth-order valence-electron chi connectivity index (χ4n) is 9.59. The Hall–Kier alpha value is -6.04. The van der Waals surface area contributed by atoms with Gasteiger partial charge in [-0.1, -0.05) is 75.6 Å². The molecule has 4 aromatic heterocycles. The number of hydrogen-bond acceptors (Lipinski definition) is 12. The topological polar surface area (TPSA) is 150 Å². The highest BCUT2D eigenvalue weighted by Crippen LogP contribution is 2.27. The monoisotopic (exact) mass is 853 g/mol. The minimum absolute atomic E-state index is 0.0906. The fraction of sp³-hybridized carbons (Fsp3) is 0.462. The van der Waals surface area contributed by atoms with Gasteiger partial charge in [0.15, 0.2) is 0 Å². The third-order valence-corrected chi connectivity index (χ3v) is 13.1. The summed E-state index contributed by atoms with van der Waals surface area (Å²) in [5.41, 5.74) is 6.60. The zero-order valence-electron chi connectivity index (χ0n) is 36.8. The Bertz CT molecular complexity index is 1930. The summed E-state index contributed by atoms with van der Waals surface area (Å²) in [5, 5.41) is 0. The quantitative estimate of drug-likeness (QED) is 0.174. The minimum atomic E-state index is 0.0906. The van der Waals surface area contributed by atoms with Gasteiger partial charge in [0, 0.05) is 49.7 Å². The molecule has 0 N–H and O–H groups in total. The second kappa shape index (κ2) is 22.0. The van der Waals surface area contributed by atoms with Crippen molar-refractivity contribution < 1.29 is 0 Å². The molecule has 64 heavy (non-hydrogen) atoms. The molecule has 0 aromatic carbocycles. The molecular weight excluding hydrogens is 793 g/mol. The molecule has 4 aliphatic carbocycles. The average molecular weight is 853 g/mol. The minimum Gasteiger partial charge on any atom is -0.285 e. The lowest BCUT2D eigenvalue weighted by Crippen LogP contribution is -2.27. The second-order valence-electron chi connectivity index (χ2n) is 17.9. The molecule has 5 heterocycles. The van der Waals surface area contributed by atoms with Crippen LogP contribution in [0.1, 0.15) is 148 Å². The zero-order valence-corrected chi connectivity index (χ0v) is 36.8. The van der Waals surface area contributed by atoms with E-state index in [2.05, 4.69) is 0 Å². The van der Waals surface area contributed by atoms with Gasteiger partial charge in [-0.05, 0) is 99.9 Å². The number of aliphatic imine (C=N–C) groups is 8. The van der Waals surface area contributed by atoms with Crippen LogP contribution in [0.15, 0.2) is 113 Å². The molecule has 0 amide bonds. The molecule has 0 saturated heterocycles. The smallest absolute Gasteiger partial charge is 0.0815 e. The highest BCUT2D eigenvalue weighted by molar-refractivity contribution is 5.85. The molecule has 5 aliphatic rings. The first-order valence-corrected chi connectivity index (χ1v) is 23.8. The van der Waals surface area contributed by atoms with E-state index in [4.69, 9.17) is 59.9 Å². The first-order valence-electron chi connectivity index (χ1n) is 23.8. The Morgan fingerprint density at radius 3 is 0.500 bits per heavy atom. The summed E-state index contributed by atoms with van der Waals surface area (Å²) in [7, 11) is 0. The van der Waals surface area contributed by atoms with Crippen LogP contribution < -0.4 is 0 Å². The lowest BCUT2D eigenvalue weighted by molar-refractivity contribution is 0.390. The van der Waals surface area contributed by atoms with Crippen molar-refractivity contribution in [2.24, 2.45) is 39.9 Å². The van der Waals surface area contributed by atoms with Gasteiger partial charge in [0.25, 0.3) is 0 Å². The van der Waals surface area contributed by atoms with Crippen LogP contribution in [0.5, 0.6) is 0 Å². The summed E-state index contributed by atoms with van der Waals surface area (Å²) >= 11 is 0. The van der Waals surface area contributed by atoms with Crippen LogP contribution in [0.2, 0.25) is 0 Å². The van der Waals surface area contributed by atoms with Gasteiger partial charge in [-0.2, -0.15) is 0 Å². The fourth-order valence-corrected chi connectivity index (χ4v) is 9.59. The molecule has 4 fully saturated rings. The molecular formula is C52H60N12. The summed E-state index contributed by atoms with van der Waals surface area (Å²) in [6.07, 6.45) is 32.4. The first kappa shape index (κ1) is 43.2. The van der Waals surface area contributed by atoms with Crippen molar-refractivity contribution in [3.8, 4) is 0 Å². The molecule has 0 unspecified atom stereocenters. The largest absolute Gasteiger partial charge is 0.285 e. The Kier molecular flexibility index (Phi) is 14.9. The third-order valence-electron chi connectivity index (χ3n) is 13.1. The van der Waals surface area contributed by atoms with E-state index >= 15 is 0 Å². The Morgan fingerprint density at radius 1 is 0.219 bits per heavy atom. The maximum atomic E-state index is 5.05. The van der Waals surface area contributed by atoms with Gasteiger partial charge in [0.05, 0.1) is 93.9 Å². The van der Waals surface area contributed by atoms with Crippen molar-refractivity contribution >= 4 is 49.7 Å². The normalized spacial score (nSPS) is 27.8. The molecule has 1 aliphatic heterocycles. The summed E-state index contributed by atoms with van der Waals surface area (Å²) in [4.78, 5) is 60.1. The van der Waals surface area contributed by atoms with E-state index in [0.29, 0.717) is 0 Å². The third kappa shape index (κ3) is 12.1. The molecule has 9 rings (SSSR count). The molecule has 0 radical (unpaired) electrons. The van der Waals surface area contributed by atoms with E-state index in [1.165, 1.54) is 0 Å². The van der Waals surface area contributed by atoms with E-state index in [0.717, 1.165) is 148 Å². The predicted molar refractivity (Wildman–Crippen MR) is 262 cm³/mol. The molecule has 4 saturated carbocycles. The summed E-state index contributed by atoms with van der Waals surface area (Å²) in [6.45, 7) is 0. The Balaban J connectivity index is 0.988. The highest BCUT2D eigenvalue weighted by Gasteiger charge is 2.26. The summed E-state index contributed by atoms with van der Waals surface area (Å²) < 4.78 is 0. The van der Waals surface area contributed by atoms with Crippen LogP contribution in [0.4, 0.5) is 0 Å². The molecule has 8 atom stereocenters. The van der Waals surface area contributed by atoms with Crippen LogP contribution in [0.3, 0.4) is 0 Å². The Morgan fingerprint density at radius 2 is 0.359 bits per heavy atom. The number of aromatic nitrogens is 4. The number of rotatable bonds is 0. The van der Waals surface area contributed by atoms with Gasteiger partial charge >= 0.3 is 0 Å². The molecule has 8 bridgehead atoms. The molecule has 12 heteroatoms. The van der Waals surface area contributed by atoms with Gasteiger partial charge in [0.1, 0.15) is 0 Å². The number of hydrogen-bond donors (Lipinski definition) is 0. The van der Waals surface area contributed by atoms with E-state index in [1.54, 1.807) is 0 Å². The van der Waals surface area contributed by atoms with E-state index in [1.807, 2.05) is 123 Å². The molecule has 328 valence electrons. The van der Waals surface area contributed by atoms with Gasteiger partial charge in [-0.3, -0.25) is 39.9 Å². The summed E-state index contributed by atoms with van der Waals surface area (Å²) in [5.74, 6) is 0. The van der Waals surface area contributed by atoms with Gasteiger partial charge in [-0.15, -0.1) is 0 Å². The van der Waals surface area contributed by atoms with E-state index < -0.39 is 0 Å². The first-order chi connectivity index (χ1) is 31.7. The van der Waals surface area contributed by atoms with Crippen LogP contribution in [-0.2, 0) is 0 Å². The lowest BCUT2D eigenvalue weighted by atomic mass is 9.91. The van der Waals surface area contributed by atoms with Crippen molar-refractivity contribution in [2.75, 3.05) is 0 Å². The van der Waals surface area contributed by atoms with Gasteiger partial charge in [-0.25, -0.2) is 19.9 Å². The SMILES string of the molecule is C1=N[C@H]2CCCC[C@@H]2N=Cc2cccc(n2)C=N[C@@H]2CCCC[C@H]2N=Cc2cccc(n2)C=N[C@H]2CCCC[C@@H]2N=Cc2cccc(n2)C=N[C@@H]2CCCC[C@H]2N=Cc2cccc1n2. The molecule has 12 nitrogen and oxygen atoms in total. The van der Waals surface area contributed by atoms with Crippen molar-refractivity contribution in [3.63, 3.8) is 0 Å². The number of nitrogens with zero attached hydrogens (tertiary/aromatic N) is 12. The number of pyridine rings is 4. The van der Waals surface area contributed by atoms with Gasteiger partial charge < -0.3 is 0 Å². The number of fused-ring (bicyclic) bond motifs is 12. The Labute approximate surface area is 377 Å². The summed E-state index contributed by atoms with van der Waals surface area (Å²) in [6, 6.07) is 24.9. The van der Waals surface area contributed by atoms with Crippen LogP contribution in [0.25, 0.3) is 0 Å². The van der Waals surface area contributed by atoms with Crippen LogP contribution in [-0.4, -0.2) is 118 Å². The van der Waals surface area contributed by atoms with Gasteiger partial charge in [0.2, 0.25) is 0 Å². The van der Waals surface area contributed by atoms with E-state index in [-0.39, 0.29) is 48.3 Å². The van der Waals surface area contributed by atoms with Crippen LogP contribution in [0, 0.1) is 0 Å². The maximum Gasteiger partial charge on any atom is 0.0815 e. The highest BCUT2D eigenvalue weighted by atomic mass is 15.0. The van der Waals surface area contributed by atoms with E-state index in [9.17, 15) is 0 Å². The second-order valence-corrected chi connectivity index (χ2v) is 17.9. The maximum absolute atomic E-state index is 5.05. The standard InChI is InChI=1S/C52H60N12/c1-2-22-46-45(21-1)53-29-37-13-9-15-39(61-37)31-55-47-23-3-4-24-48(47)57-33-41-17-11-19-43(63-41)35-59-51-27-7-8-28-52(51)60-36-44-20-12-18-42(64-44)34-58-50-26-6-5-25-49(50)56-32-40-16-10-14-38(62-40)30-54-46/h9-20,29-36,45-52H,1-8,21-28H2/t45-,46-,47+,48+,49+,50+,51-,52-. The lowest BCUT2D eigenvalue weighted by Gasteiger charge is -2.25. The van der Waals surface area contributed by atoms with Crippen molar-refractivity contribution in [3.05, 3.63) is 118 Å². The van der Waals surface area contributed by atoms with Crippen molar-refractivity contribution in [1.29, 1.82) is 0 Å². The average Bonchev–Trinajstić information content (AvgIpc) is 3.35. The predicted octanol–water partition coefficient (Wildman–Crippen LogP) is 8.98.